The zero-order valence-electron chi connectivity index (χ0n) is 9.66. The average Bonchev–Trinajstić information content (AvgIpc) is 2.65. The molecule has 0 heterocycles. The first-order chi connectivity index (χ1) is 7.65. The first-order valence-electron chi connectivity index (χ1n) is 5.54. The summed E-state index contributed by atoms with van der Waals surface area (Å²) in [5, 5.41) is 0. The van der Waals surface area contributed by atoms with Gasteiger partial charge in [-0.05, 0) is 30.9 Å². The molecule has 1 aliphatic carbocycles. The minimum Gasteiger partial charge on any atom is -0.399 e. The van der Waals surface area contributed by atoms with Crippen LogP contribution >= 0.6 is 0 Å². The Balaban J connectivity index is 2.04. The van der Waals surface area contributed by atoms with E-state index in [0.717, 1.165) is 18.4 Å². The molecule has 0 spiro atoms. The summed E-state index contributed by atoms with van der Waals surface area (Å²) in [7, 11) is 0. The number of allylic oxidation sites excluding steroid dienone is 4. The maximum absolute atomic E-state index is 5.63. The molecule has 1 aromatic carbocycles. The van der Waals surface area contributed by atoms with Crippen LogP contribution < -0.4 is 5.73 Å². The molecule has 2 N–H and O–H groups in total. The molecule has 0 amide bonds. The van der Waals surface area contributed by atoms with Crippen molar-refractivity contribution in [3.05, 3.63) is 65.3 Å². The number of hydrogen-bond donors (Lipinski definition) is 1. The van der Waals surface area contributed by atoms with Gasteiger partial charge in [-0.3, -0.25) is 0 Å². The highest BCUT2D eigenvalue weighted by Gasteiger charge is 2.05. The Bertz CT molecular complexity index is 461. The van der Waals surface area contributed by atoms with Crippen LogP contribution in [-0.2, 0) is 6.42 Å². The van der Waals surface area contributed by atoms with Gasteiger partial charge in [0, 0.05) is 5.70 Å². The summed E-state index contributed by atoms with van der Waals surface area (Å²) in [6.07, 6.45) is 6.58. The van der Waals surface area contributed by atoms with Crippen molar-refractivity contribution in [3.63, 3.8) is 0 Å². The molecule has 82 valence electrons. The fourth-order valence-electron chi connectivity index (χ4n) is 1.96. The summed E-state index contributed by atoms with van der Waals surface area (Å²) >= 11 is 0. The van der Waals surface area contributed by atoms with Crippen molar-refractivity contribution in [3.8, 4) is 0 Å². The lowest BCUT2D eigenvalue weighted by Crippen LogP contribution is -1.95. The predicted octanol–water partition coefficient (Wildman–Crippen LogP) is 3.43. The van der Waals surface area contributed by atoms with Crippen LogP contribution in [0.2, 0.25) is 0 Å². The van der Waals surface area contributed by atoms with Crippen molar-refractivity contribution in [2.24, 2.45) is 5.73 Å². The van der Waals surface area contributed by atoms with Crippen molar-refractivity contribution >= 4 is 5.70 Å². The first-order valence-corrected chi connectivity index (χ1v) is 5.54. The number of benzene rings is 1. The van der Waals surface area contributed by atoms with E-state index in [1.165, 1.54) is 16.7 Å². The van der Waals surface area contributed by atoms with E-state index >= 15 is 0 Å². The van der Waals surface area contributed by atoms with Gasteiger partial charge in [0.2, 0.25) is 0 Å². The smallest absolute Gasteiger partial charge is 0.0314 e. The van der Waals surface area contributed by atoms with Crippen LogP contribution in [0.3, 0.4) is 0 Å². The van der Waals surface area contributed by atoms with Crippen LogP contribution in [0.1, 0.15) is 24.5 Å². The summed E-state index contributed by atoms with van der Waals surface area (Å²) < 4.78 is 0. The van der Waals surface area contributed by atoms with Gasteiger partial charge >= 0.3 is 0 Å². The molecule has 2 rings (SSSR count). The van der Waals surface area contributed by atoms with E-state index in [-0.39, 0.29) is 0 Å². The van der Waals surface area contributed by atoms with Crippen molar-refractivity contribution in [1.82, 2.24) is 0 Å². The summed E-state index contributed by atoms with van der Waals surface area (Å²) in [4.78, 5) is 0. The van der Waals surface area contributed by atoms with E-state index in [9.17, 15) is 0 Å². The Morgan fingerprint density at radius 1 is 1.25 bits per heavy atom. The van der Waals surface area contributed by atoms with Crippen LogP contribution in [0.15, 0.2) is 54.1 Å². The molecule has 0 saturated carbocycles. The van der Waals surface area contributed by atoms with Gasteiger partial charge < -0.3 is 5.73 Å². The second-order valence-corrected chi connectivity index (χ2v) is 4.41. The van der Waals surface area contributed by atoms with E-state index in [1.54, 1.807) is 0 Å². The van der Waals surface area contributed by atoms with Crippen molar-refractivity contribution in [2.45, 2.75) is 19.8 Å². The van der Waals surface area contributed by atoms with E-state index in [2.05, 4.69) is 37.8 Å². The quantitative estimate of drug-likeness (QED) is 0.814. The zero-order chi connectivity index (χ0) is 11.5. The van der Waals surface area contributed by atoms with Crippen LogP contribution in [0.5, 0.6) is 0 Å². The van der Waals surface area contributed by atoms with Crippen LogP contribution in [0, 0.1) is 0 Å². The van der Waals surface area contributed by atoms with Gasteiger partial charge in [0.05, 0.1) is 0 Å². The molecule has 1 nitrogen and oxygen atoms in total. The Morgan fingerprint density at radius 2 is 1.94 bits per heavy atom. The molecular formula is C15H17N. The monoisotopic (exact) mass is 211 g/mol. The highest BCUT2D eigenvalue weighted by molar-refractivity contribution is 5.60. The van der Waals surface area contributed by atoms with Gasteiger partial charge in [-0.1, -0.05) is 54.1 Å². The van der Waals surface area contributed by atoms with Crippen molar-refractivity contribution < 1.29 is 0 Å². The third-order valence-electron chi connectivity index (χ3n) is 2.87. The molecule has 1 aliphatic rings. The van der Waals surface area contributed by atoms with E-state index in [0.29, 0.717) is 5.70 Å². The average molecular weight is 211 g/mol. The minimum atomic E-state index is 0.629. The maximum Gasteiger partial charge on any atom is 0.0314 e. The topological polar surface area (TPSA) is 26.0 Å². The minimum absolute atomic E-state index is 0.629. The molecule has 1 heteroatoms. The summed E-state index contributed by atoms with van der Waals surface area (Å²) in [5.41, 5.74) is 11.5. The molecule has 0 unspecified atom stereocenters. The standard InChI is InChI=1S/C15H17N/c1-11-3-4-14(9-11)10-13-5-7-15(8-6-13)12(2)16/h3-8H,2,9-10,16H2,1H3. The summed E-state index contributed by atoms with van der Waals surface area (Å²) in [6, 6.07) is 8.32. The normalized spacial score (nSPS) is 14.6. The maximum atomic E-state index is 5.63. The van der Waals surface area contributed by atoms with Gasteiger partial charge in [0.15, 0.2) is 0 Å². The Morgan fingerprint density at radius 3 is 2.44 bits per heavy atom. The Kier molecular flexibility index (Phi) is 2.95. The molecule has 0 radical (unpaired) electrons. The second kappa shape index (κ2) is 4.40. The fourth-order valence-corrected chi connectivity index (χ4v) is 1.96. The fraction of sp³-hybridized carbons (Fsp3) is 0.200. The highest BCUT2D eigenvalue weighted by atomic mass is 14.6. The zero-order valence-corrected chi connectivity index (χ0v) is 9.66. The van der Waals surface area contributed by atoms with Gasteiger partial charge in [0.1, 0.15) is 0 Å². The van der Waals surface area contributed by atoms with Crippen LogP contribution in [0.4, 0.5) is 0 Å². The third-order valence-corrected chi connectivity index (χ3v) is 2.87. The lowest BCUT2D eigenvalue weighted by Gasteiger charge is -2.05. The molecule has 0 aliphatic heterocycles. The molecule has 0 saturated heterocycles. The van der Waals surface area contributed by atoms with Gasteiger partial charge in [0.25, 0.3) is 0 Å². The lowest BCUT2D eigenvalue weighted by molar-refractivity contribution is 1.04. The number of rotatable bonds is 3. The first kappa shape index (κ1) is 10.7. The molecule has 0 aromatic heterocycles. The van der Waals surface area contributed by atoms with Gasteiger partial charge in [-0.15, -0.1) is 0 Å². The van der Waals surface area contributed by atoms with E-state index in [1.807, 2.05) is 12.1 Å². The largest absolute Gasteiger partial charge is 0.399 e. The van der Waals surface area contributed by atoms with Crippen LogP contribution in [-0.4, -0.2) is 0 Å². The van der Waals surface area contributed by atoms with Crippen molar-refractivity contribution in [1.29, 1.82) is 0 Å². The number of hydrogen-bond acceptors (Lipinski definition) is 1. The molecular weight excluding hydrogens is 194 g/mol. The predicted molar refractivity (Wildman–Crippen MR) is 69.8 cm³/mol. The van der Waals surface area contributed by atoms with Gasteiger partial charge in [-0.25, -0.2) is 0 Å². The SMILES string of the molecule is C=C(N)c1ccc(CC2=CC=C(C)C2)cc1. The molecule has 1 aromatic rings. The van der Waals surface area contributed by atoms with Crippen molar-refractivity contribution in [2.75, 3.05) is 0 Å². The summed E-state index contributed by atoms with van der Waals surface area (Å²) in [5.74, 6) is 0. The molecule has 0 fully saturated rings. The number of nitrogens with two attached hydrogens (primary N) is 1. The van der Waals surface area contributed by atoms with E-state index < -0.39 is 0 Å². The second-order valence-electron chi connectivity index (χ2n) is 4.41. The Hall–Kier alpha value is -1.76. The molecule has 0 bridgehead atoms. The highest BCUT2D eigenvalue weighted by Crippen LogP contribution is 2.22. The Labute approximate surface area is 97.0 Å². The van der Waals surface area contributed by atoms with Crippen LogP contribution in [0.25, 0.3) is 5.70 Å². The third kappa shape index (κ3) is 2.43. The van der Waals surface area contributed by atoms with E-state index in [4.69, 9.17) is 5.73 Å². The summed E-state index contributed by atoms with van der Waals surface area (Å²) in [6.45, 7) is 5.90. The van der Waals surface area contributed by atoms with Gasteiger partial charge in [-0.2, -0.15) is 0 Å². The molecule has 0 atom stereocenters. The lowest BCUT2D eigenvalue weighted by atomic mass is 10.0. The molecule has 16 heavy (non-hydrogen) atoms.